The van der Waals surface area contributed by atoms with Crippen LogP contribution in [0.3, 0.4) is 0 Å². The van der Waals surface area contributed by atoms with Crippen molar-refractivity contribution >= 4 is 17.2 Å². The minimum atomic E-state index is -0.0557. The average molecular weight is 384 g/mol. The van der Waals surface area contributed by atoms with Crippen molar-refractivity contribution in [2.75, 3.05) is 40.3 Å². The maximum atomic E-state index is 13.0. The summed E-state index contributed by atoms with van der Waals surface area (Å²) in [6.07, 6.45) is 1.67. The molecule has 0 aromatic carbocycles. The van der Waals surface area contributed by atoms with Gasteiger partial charge in [-0.05, 0) is 19.2 Å². The minimum Gasteiger partial charge on any atom is -0.481 e. The Labute approximate surface area is 161 Å². The van der Waals surface area contributed by atoms with Crippen molar-refractivity contribution in [1.29, 1.82) is 0 Å². The third-order valence-electron chi connectivity index (χ3n) is 4.59. The van der Waals surface area contributed by atoms with Crippen LogP contribution in [0.25, 0.3) is 17.1 Å². The Morgan fingerprint density at radius 3 is 2.63 bits per heavy atom. The van der Waals surface area contributed by atoms with E-state index < -0.39 is 0 Å². The number of methoxy groups -OCH3 is 1. The van der Waals surface area contributed by atoms with Crippen LogP contribution in [-0.2, 0) is 0 Å². The molecule has 0 N–H and O–H groups in total. The van der Waals surface area contributed by atoms with Crippen molar-refractivity contribution in [1.82, 2.24) is 29.5 Å². The number of amides is 1. The summed E-state index contributed by atoms with van der Waals surface area (Å²) in [5, 5.41) is 6.52. The molecule has 4 heterocycles. The maximum Gasteiger partial charge on any atom is 0.274 e. The van der Waals surface area contributed by atoms with Gasteiger partial charge < -0.3 is 14.5 Å². The number of nitrogens with zero attached hydrogens (tertiary/aromatic N) is 6. The first-order valence-corrected chi connectivity index (χ1v) is 9.57. The SMILES string of the molecule is COc1ccc(-n2nc(C(=O)N3CCN(C)CC3)cc2-c2cscn2)cn1. The second-order valence-electron chi connectivity index (χ2n) is 6.35. The van der Waals surface area contributed by atoms with Crippen LogP contribution in [0.15, 0.2) is 35.3 Å². The average Bonchev–Trinajstić information content (AvgIpc) is 3.38. The first kappa shape index (κ1) is 17.6. The summed E-state index contributed by atoms with van der Waals surface area (Å²) in [5.41, 5.74) is 4.47. The van der Waals surface area contributed by atoms with E-state index in [9.17, 15) is 4.79 Å². The summed E-state index contributed by atoms with van der Waals surface area (Å²) in [6.45, 7) is 3.15. The molecule has 0 radical (unpaired) electrons. The van der Waals surface area contributed by atoms with Crippen LogP contribution in [0.1, 0.15) is 10.5 Å². The van der Waals surface area contributed by atoms with Gasteiger partial charge in [0.1, 0.15) is 0 Å². The number of rotatable bonds is 4. The molecule has 1 amide bonds. The minimum absolute atomic E-state index is 0.0557. The van der Waals surface area contributed by atoms with Gasteiger partial charge in [0.05, 0.1) is 35.9 Å². The molecule has 1 aliphatic rings. The second-order valence-corrected chi connectivity index (χ2v) is 7.07. The Balaban J connectivity index is 1.70. The molecule has 9 heteroatoms. The Kier molecular flexibility index (Phi) is 4.87. The van der Waals surface area contributed by atoms with Crippen molar-refractivity contribution in [2.45, 2.75) is 0 Å². The highest BCUT2D eigenvalue weighted by Gasteiger charge is 2.24. The number of hydrogen-bond donors (Lipinski definition) is 0. The molecule has 140 valence electrons. The first-order valence-electron chi connectivity index (χ1n) is 8.62. The summed E-state index contributed by atoms with van der Waals surface area (Å²) in [4.78, 5) is 25.6. The summed E-state index contributed by atoms with van der Waals surface area (Å²) >= 11 is 1.50. The van der Waals surface area contributed by atoms with Gasteiger partial charge in [-0.25, -0.2) is 14.6 Å². The highest BCUT2D eigenvalue weighted by Crippen LogP contribution is 2.25. The molecule has 0 unspecified atom stereocenters. The zero-order valence-electron chi connectivity index (χ0n) is 15.2. The molecule has 1 saturated heterocycles. The molecule has 4 rings (SSSR count). The molecule has 0 atom stereocenters. The molecule has 1 aliphatic heterocycles. The molecule has 3 aromatic rings. The van der Waals surface area contributed by atoms with Gasteiger partial charge in [-0.1, -0.05) is 0 Å². The molecule has 0 aliphatic carbocycles. The van der Waals surface area contributed by atoms with E-state index >= 15 is 0 Å². The Hall–Kier alpha value is -2.78. The van der Waals surface area contributed by atoms with Gasteiger partial charge in [0.25, 0.3) is 5.91 Å². The fraction of sp³-hybridized carbons (Fsp3) is 0.333. The van der Waals surface area contributed by atoms with E-state index in [0.29, 0.717) is 24.7 Å². The molecule has 0 bridgehead atoms. The number of ether oxygens (including phenoxy) is 1. The number of likely N-dealkylation sites (N-methyl/N-ethyl adjacent to an activating group) is 1. The van der Waals surface area contributed by atoms with Crippen molar-refractivity contribution in [3.63, 3.8) is 0 Å². The van der Waals surface area contributed by atoms with E-state index in [1.165, 1.54) is 11.3 Å². The predicted octanol–water partition coefficient (Wildman–Crippen LogP) is 1.79. The van der Waals surface area contributed by atoms with E-state index in [4.69, 9.17) is 4.74 Å². The van der Waals surface area contributed by atoms with E-state index in [2.05, 4.69) is 27.0 Å². The molecule has 1 fully saturated rings. The number of pyridine rings is 1. The van der Waals surface area contributed by atoms with Crippen LogP contribution in [0.2, 0.25) is 0 Å². The Morgan fingerprint density at radius 2 is 2.00 bits per heavy atom. The monoisotopic (exact) mass is 384 g/mol. The van der Waals surface area contributed by atoms with Gasteiger partial charge in [-0.15, -0.1) is 11.3 Å². The third kappa shape index (κ3) is 3.56. The van der Waals surface area contributed by atoms with E-state index in [1.54, 1.807) is 35.6 Å². The molecule has 3 aromatic heterocycles. The predicted molar refractivity (Wildman–Crippen MR) is 102 cm³/mol. The van der Waals surface area contributed by atoms with Crippen LogP contribution < -0.4 is 4.74 Å². The molecule has 0 saturated carbocycles. The fourth-order valence-electron chi connectivity index (χ4n) is 2.99. The second kappa shape index (κ2) is 7.45. The van der Waals surface area contributed by atoms with E-state index in [-0.39, 0.29) is 5.91 Å². The topological polar surface area (TPSA) is 76.4 Å². The van der Waals surface area contributed by atoms with Crippen LogP contribution in [0, 0.1) is 0 Å². The Bertz CT molecular complexity index is 914. The summed E-state index contributed by atoms with van der Waals surface area (Å²) in [5.74, 6) is 0.467. The normalized spacial score (nSPS) is 15.1. The zero-order chi connectivity index (χ0) is 18.8. The van der Waals surface area contributed by atoms with Crippen LogP contribution in [0.4, 0.5) is 0 Å². The van der Waals surface area contributed by atoms with Gasteiger partial charge in [-0.2, -0.15) is 5.10 Å². The van der Waals surface area contributed by atoms with Crippen molar-refractivity contribution in [3.05, 3.63) is 41.0 Å². The highest BCUT2D eigenvalue weighted by atomic mass is 32.1. The number of piperazine rings is 1. The molecule has 8 nitrogen and oxygen atoms in total. The molecular formula is C18H20N6O2S. The largest absolute Gasteiger partial charge is 0.481 e. The fourth-order valence-corrected chi connectivity index (χ4v) is 3.54. The first-order chi connectivity index (χ1) is 13.2. The van der Waals surface area contributed by atoms with Crippen LogP contribution >= 0.6 is 11.3 Å². The van der Waals surface area contributed by atoms with E-state index in [0.717, 1.165) is 30.2 Å². The smallest absolute Gasteiger partial charge is 0.274 e. The summed E-state index contributed by atoms with van der Waals surface area (Å²) < 4.78 is 6.84. The van der Waals surface area contributed by atoms with Crippen molar-refractivity contribution < 1.29 is 9.53 Å². The molecular weight excluding hydrogens is 364 g/mol. The number of carbonyl (C=O) groups excluding carboxylic acids is 1. The Morgan fingerprint density at radius 1 is 1.19 bits per heavy atom. The number of hydrogen-bond acceptors (Lipinski definition) is 7. The highest BCUT2D eigenvalue weighted by molar-refractivity contribution is 7.07. The number of carbonyl (C=O) groups is 1. The lowest BCUT2D eigenvalue weighted by atomic mass is 10.2. The van der Waals surface area contributed by atoms with Crippen molar-refractivity contribution in [2.24, 2.45) is 0 Å². The standard InChI is InChI=1S/C18H20N6O2S/c1-22-5-7-23(8-6-22)18(25)14-9-16(15-11-27-12-20-15)24(21-14)13-3-4-17(26-2)19-10-13/h3-4,9-12H,5-8H2,1-2H3. The molecule has 27 heavy (non-hydrogen) atoms. The zero-order valence-corrected chi connectivity index (χ0v) is 16.0. The number of thiazole rings is 1. The summed E-state index contributed by atoms with van der Waals surface area (Å²) in [7, 11) is 3.64. The lowest BCUT2D eigenvalue weighted by molar-refractivity contribution is 0.0657. The van der Waals surface area contributed by atoms with Gasteiger partial charge in [0, 0.05) is 37.6 Å². The maximum absolute atomic E-state index is 13.0. The van der Waals surface area contributed by atoms with Crippen molar-refractivity contribution in [3.8, 4) is 23.0 Å². The third-order valence-corrected chi connectivity index (χ3v) is 5.17. The van der Waals surface area contributed by atoms with Gasteiger partial charge in [0.2, 0.25) is 5.88 Å². The van der Waals surface area contributed by atoms with Crippen LogP contribution in [-0.4, -0.2) is 75.8 Å². The van der Waals surface area contributed by atoms with Crippen LogP contribution in [0.5, 0.6) is 5.88 Å². The summed E-state index contributed by atoms with van der Waals surface area (Å²) in [6, 6.07) is 5.43. The number of aromatic nitrogens is 4. The van der Waals surface area contributed by atoms with E-state index in [1.807, 2.05) is 16.3 Å². The molecule has 0 spiro atoms. The van der Waals surface area contributed by atoms with Gasteiger partial charge in [-0.3, -0.25) is 4.79 Å². The quantitative estimate of drug-likeness (QED) is 0.683. The lowest BCUT2D eigenvalue weighted by Crippen LogP contribution is -2.47. The van der Waals surface area contributed by atoms with Gasteiger partial charge >= 0.3 is 0 Å². The van der Waals surface area contributed by atoms with Gasteiger partial charge in [0.15, 0.2) is 5.69 Å². The lowest BCUT2D eigenvalue weighted by Gasteiger charge is -2.31.